The van der Waals surface area contributed by atoms with Crippen LogP contribution in [0, 0.1) is 0 Å². The molecule has 4 aromatic rings. The Labute approximate surface area is 267 Å². The van der Waals surface area contributed by atoms with Gasteiger partial charge in [-0.05, 0) is 40.6 Å². The lowest BCUT2D eigenvalue weighted by atomic mass is 9.86. The number of nitrogens with one attached hydrogen (secondary N) is 2. The SMILES string of the molecule is COc1c(NC(=O)/C(=N\O)c2ccc(Oc3ccnc(N4CCOCC4)n3)c3ccccc23)cc(C(C)(C)C)cc1NS(C)(=O)=O. The van der Waals surface area contributed by atoms with Crippen LogP contribution in [-0.2, 0) is 25.0 Å². The summed E-state index contributed by atoms with van der Waals surface area (Å²) in [6.07, 6.45) is 2.65. The zero-order valence-corrected chi connectivity index (χ0v) is 27.0. The first-order valence-corrected chi connectivity index (χ1v) is 16.4. The Morgan fingerprint density at radius 3 is 2.39 bits per heavy atom. The molecule has 0 aliphatic carbocycles. The van der Waals surface area contributed by atoms with Gasteiger partial charge in [0.2, 0.25) is 21.9 Å². The van der Waals surface area contributed by atoms with E-state index in [1.807, 2.05) is 37.8 Å². The van der Waals surface area contributed by atoms with Crippen LogP contribution >= 0.6 is 0 Å². The number of sulfonamides is 1. The number of ether oxygens (including phenoxy) is 3. The Morgan fingerprint density at radius 1 is 1.04 bits per heavy atom. The number of benzene rings is 3. The quantitative estimate of drug-likeness (QED) is 0.131. The number of morpholine rings is 1. The summed E-state index contributed by atoms with van der Waals surface area (Å²) in [7, 11) is -2.31. The molecule has 0 saturated carbocycles. The van der Waals surface area contributed by atoms with Crippen LogP contribution in [0.5, 0.6) is 17.4 Å². The average molecular weight is 649 g/mol. The maximum absolute atomic E-state index is 13.7. The molecule has 2 heterocycles. The second kappa shape index (κ2) is 13.2. The van der Waals surface area contributed by atoms with Crippen LogP contribution in [-0.4, -0.2) is 74.9 Å². The molecule has 242 valence electrons. The smallest absolute Gasteiger partial charge is 0.278 e. The van der Waals surface area contributed by atoms with E-state index in [2.05, 4.69) is 25.2 Å². The number of nitrogens with zero attached hydrogens (tertiary/aromatic N) is 4. The Kier molecular flexibility index (Phi) is 9.30. The van der Waals surface area contributed by atoms with Gasteiger partial charge in [0, 0.05) is 36.3 Å². The number of methoxy groups -OCH3 is 1. The van der Waals surface area contributed by atoms with Gasteiger partial charge in [-0.25, -0.2) is 13.4 Å². The molecule has 0 unspecified atom stereocenters. The van der Waals surface area contributed by atoms with E-state index in [-0.39, 0.29) is 22.8 Å². The van der Waals surface area contributed by atoms with E-state index < -0.39 is 21.3 Å². The molecule has 46 heavy (non-hydrogen) atoms. The van der Waals surface area contributed by atoms with E-state index in [0.29, 0.717) is 60.2 Å². The first-order valence-electron chi connectivity index (χ1n) is 14.5. The highest BCUT2D eigenvalue weighted by atomic mass is 32.2. The third-order valence-electron chi connectivity index (χ3n) is 7.28. The summed E-state index contributed by atoms with van der Waals surface area (Å²) in [5, 5.41) is 17.5. The Bertz CT molecular complexity index is 1900. The van der Waals surface area contributed by atoms with Gasteiger partial charge >= 0.3 is 0 Å². The summed E-state index contributed by atoms with van der Waals surface area (Å²) < 4.78 is 43.9. The molecule has 0 atom stereocenters. The zero-order chi connectivity index (χ0) is 33.1. The molecule has 0 radical (unpaired) electrons. The molecule has 0 bridgehead atoms. The van der Waals surface area contributed by atoms with Crippen molar-refractivity contribution in [2.75, 3.05) is 54.6 Å². The van der Waals surface area contributed by atoms with Gasteiger partial charge in [0.05, 0.1) is 38.0 Å². The average Bonchev–Trinajstić information content (AvgIpc) is 3.01. The highest BCUT2D eigenvalue weighted by Gasteiger charge is 2.25. The van der Waals surface area contributed by atoms with Gasteiger partial charge in [0.1, 0.15) is 5.75 Å². The van der Waals surface area contributed by atoms with Crippen LogP contribution in [0.2, 0.25) is 0 Å². The van der Waals surface area contributed by atoms with Crippen LogP contribution in [0.25, 0.3) is 10.8 Å². The molecule has 1 saturated heterocycles. The topological polar surface area (TPSA) is 165 Å². The van der Waals surface area contributed by atoms with Gasteiger partial charge in [-0.2, -0.15) is 4.98 Å². The lowest BCUT2D eigenvalue weighted by Crippen LogP contribution is -2.37. The van der Waals surface area contributed by atoms with Crippen LogP contribution in [0.3, 0.4) is 0 Å². The Morgan fingerprint density at radius 2 is 1.74 bits per heavy atom. The molecular weight excluding hydrogens is 612 g/mol. The van der Waals surface area contributed by atoms with Crippen LogP contribution < -0.4 is 24.4 Å². The van der Waals surface area contributed by atoms with Gasteiger partial charge in [0.25, 0.3) is 5.91 Å². The normalized spacial score (nSPS) is 14.2. The lowest BCUT2D eigenvalue weighted by Gasteiger charge is -2.26. The van der Waals surface area contributed by atoms with Crippen LogP contribution in [0.1, 0.15) is 31.9 Å². The Balaban J connectivity index is 1.48. The number of hydrogen-bond acceptors (Lipinski definition) is 11. The lowest BCUT2D eigenvalue weighted by molar-refractivity contribution is -0.110. The minimum absolute atomic E-state index is 0.0963. The molecular formula is C32H36N6O7S. The van der Waals surface area contributed by atoms with Crippen molar-refractivity contribution in [3.8, 4) is 17.4 Å². The van der Waals surface area contributed by atoms with Crippen molar-refractivity contribution < 1.29 is 32.6 Å². The van der Waals surface area contributed by atoms with Crippen molar-refractivity contribution >= 4 is 49.7 Å². The number of fused-ring (bicyclic) bond motifs is 1. The fourth-order valence-corrected chi connectivity index (χ4v) is 5.59. The summed E-state index contributed by atoms with van der Waals surface area (Å²) in [6, 6.07) is 15.5. The molecule has 13 nitrogen and oxygen atoms in total. The van der Waals surface area contributed by atoms with Crippen molar-refractivity contribution in [2.24, 2.45) is 5.16 Å². The summed E-state index contributed by atoms with van der Waals surface area (Å²) in [5.74, 6) is 0.696. The van der Waals surface area contributed by atoms with Crippen molar-refractivity contribution in [2.45, 2.75) is 26.2 Å². The number of anilines is 3. The number of aromatic nitrogens is 2. The van der Waals surface area contributed by atoms with E-state index in [0.717, 1.165) is 11.8 Å². The predicted molar refractivity (Wildman–Crippen MR) is 176 cm³/mol. The summed E-state index contributed by atoms with van der Waals surface area (Å²) in [6.45, 7) is 8.39. The number of hydrogen-bond donors (Lipinski definition) is 3. The van der Waals surface area contributed by atoms with E-state index in [4.69, 9.17) is 14.2 Å². The largest absolute Gasteiger partial charge is 0.492 e. The van der Waals surface area contributed by atoms with E-state index in [1.165, 1.54) is 7.11 Å². The van der Waals surface area contributed by atoms with E-state index in [9.17, 15) is 18.4 Å². The summed E-state index contributed by atoms with van der Waals surface area (Å²) in [4.78, 5) is 24.7. The molecule has 1 amide bonds. The Hall–Kier alpha value is -4.95. The number of oxime groups is 1. The first kappa shape index (κ1) is 32.4. The van der Waals surface area contributed by atoms with Gasteiger partial charge in [-0.1, -0.05) is 50.2 Å². The number of carbonyl (C=O) groups is 1. The second-order valence-electron chi connectivity index (χ2n) is 11.7. The number of amides is 1. The molecule has 0 spiro atoms. The highest BCUT2D eigenvalue weighted by molar-refractivity contribution is 7.92. The number of rotatable bonds is 9. The molecule has 1 fully saturated rings. The van der Waals surface area contributed by atoms with E-state index in [1.54, 1.807) is 48.7 Å². The van der Waals surface area contributed by atoms with Crippen molar-refractivity contribution in [3.63, 3.8) is 0 Å². The minimum Gasteiger partial charge on any atom is -0.492 e. The molecule has 1 aromatic heterocycles. The van der Waals surface area contributed by atoms with Crippen molar-refractivity contribution in [1.82, 2.24) is 9.97 Å². The fraction of sp³-hybridized carbons (Fsp3) is 0.312. The van der Waals surface area contributed by atoms with Crippen LogP contribution in [0.15, 0.2) is 65.9 Å². The molecule has 3 N–H and O–H groups in total. The van der Waals surface area contributed by atoms with Crippen LogP contribution in [0.4, 0.5) is 17.3 Å². The van der Waals surface area contributed by atoms with Crippen molar-refractivity contribution in [1.29, 1.82) is 0 Å². The fourth-order valence-electron chi connectivity index (χ4n) is 5.04. The van der Waals surface area contributed by atoms with Gasteiger partial charge in [0.15, 0.2) is 11.5 Å². The number of carbonyl (C=O) groups excluding carboxylic acids is 1. The third kappa shape index (κ3) is 7.29. The maximum Gasteiger partial charge on any atom is 0.278 e. The summed E-state index contributed by atoms with van der Waals surface area (Å²) in [5.41, 5.74) is 0.720. The third-order valence-corrected chi connectivity index (χ3v) is 7.87. The predicted octanol–water partition coefficient (Wildman–Crippen LogP) is 4.75. The van der Waals surface area contributed by atoms with Crippen molar-refractivity contribution in [3.05, 3.63) is 71.9 Å². The maximum atomic E-state index is 13.7. The molecule has 14 heteroatoms. The first-order chi connectivity index (χ1) is 21.9. The molecule has 3 aromatic carbocycles. The highest BCUT2D eigenvalue weighted by Crippen LogP contribution is 2.39. The minimum atomic E-state index is -3.67. The molecule has 5 rings (SSSR count). The summed E-state index contributed by atoms with van der Waals surface area (Å²) >= 11 is 0. The van der Waals surface area contributed by atoms with Gasteiger partial charge in [-0.3, -0.25) is 9.52 Å². The monoisotopic (exact) mass is 648 g/mol. The molecule has 1 aliphatic heterocycles. The zero-order valence-electron chi connectivity index (χ0n) is 26.2. The standard InChI is InChI=1S/C32H36N6O7S/c1-32(2,3)20-18-24(29(43-4)25(19-20)37-46(5,41)42)34-30(39)28(36-40)23-10-11-26(22-9-7-6-8-21(22)23)45-27-12-13-33-31(35-27)38-14-16-44-17-15-38/h6-13,18-19,37,40H,14-17H2,1-5H3,(H,34,39)/b36-28-. The van der Waals surface area contributed by atoms with E-state index >= 15 is 0 Å². The second-order valence-corrected chi connectivity index (χ2v) is 13.4. The van der Waals surface area contributed by atoms with Gasteiger partial charge < -0.3 is 29.6 Å². The van der Waals surface area contributed by atoms with Gasteiger partial charge in [-0.15, -0.1) is 0 Å². The molecule has 1 aliphatic rings.